The van der Waals surface area contributed by atoms with E-state index in [0.717, 1.165) is 70.0 Å². The number of thioether (sulfide) groups is 1. The third kappa shape index (κ3) is 10.4. The number of nitrogens with zero attached hydrogens (tertiary/aromatic N) is 1. The molecule has 30 heavy (non-hydrogen) atoms. The number of hydrogen-bond donors (Lipinski definition) is 1. The Balaban J connectivity index is 5.15. The van der Waals surface area contributed by atoms with E-state index in [2.05, 4.69) is 57.9 Å². The van der Waals surface area contributed by atoms with Gasteiger partial charge < -0.3 is 17.7 Å². The fourth-order valence-electron chi connectivity index (χ4n) is 3.97. The van der Waals surface area contributed by atoms with Crippen LogP contribution in [0.3, 0.4) is 0 Å². The van der Waals surface area contributed by atoms with Crippen molar-refractivity contribution in [3.63, 3.8) is 0 Å². The highest BCUT2D eigenvalue weighted by molar-refractivity contribution is 8.00. The average Bonchev–Trinajstić information content (AvgIpc) is 2.72. The lowest BCUT2D eigenvalue weighted by Crippen LogP contribution is -2.57. The Bertz CT molecular complexity index is 424. The smallest absolute Gasteiger partial charge is 0.334 e. The lowest BCUT2D eigenvalue weighted by molar-refractivity contribution is 0.137. The second-order valence-corrected chi connectivity index (χ2v) is 16.3. The van der Waals surface area contributed by atoms with Crippen LogP contribution in [0.4, 0.5) is 0 Å². The molecule has 9 heteroatoms. The first-order valence-electron chi connectivity index (χ1n) is 11.8. The van der Waals surface area contributed by atoms with E-state index in [1.807, 2.05) is 11.8 Å². The van der Waals surface area contributed by atoms with Crippen molar-refractivity contribution < 1.29 is 17.7 Å². The van der Waals surface area contributed by atoms with Crippen LogP contribution < -0.4 is 5.32 Å². The number of rotatable bonds is 20. The molecule has 182 valence electrons. The van der Waals surface area contributed by atoms with Crippen molar-refractivity contribution >= 4 is 28.9 Å². The van der Waals surface area contributed by atoms with Gasteiger partial charge in [0, 0.05) is 27.4 Å². The molecule has 0 heterocycles. The maximum Gasteiger partial charge on any atom is 0.334 e. The standard InChI is InChI=1S/C21H50N2O4SSi2/c1-10-23(11-2)21(28-14-5,17-15-19-29(8,24-6)25-7)22-18-16-20-30(9,26-12-3)27-13-4/h22H,10-20H2,1-9H3. The molecule has 1 N–H and O–H groups in total. The van der Waals surface area contributed by atoms with Gasteiger partial charge in [-0.1, -0.05) is 20.8 Å². The molecule has 6 nitrogen and oxygen atoms in total. The molecule has 0 saturated carbocycles. The molecule has 0 aliphatic carbocycles. The molecule has 0 aliphatic rings. The van der Waals surface area contributed by atoms with Crippen LogP contribution in [0.25, 0.3) is 0 Å². The predicted octanol–water partition coefficient (Wildman–Crippen LogP) is 5.00. The van der Waals surface area contributed by atoms with Crippen LogP contribution in [0.5, 0.6) is 0 Å². The van der Waals surface area contributed by atoms with Crippen molar-refractivity contribution in [3.05, 3.63) is 0 Å². The van der Waals surface area contributed by atoms with Gasteiger partial charge in [0.05, 0.1) is 0 Å². The summed E-state index contributed by atoms with van der Waals surface area (Å²) in [5.41, 5.74) is 0. The Morgan fingerprint density at radius 2 is 1.37 bits per heavy atom. The molecule has 0 aromatic heterocycles. The van der Waals surface area contributed by atoms with Crippen LogP contribution in [-0.2, 0) is 17.7 Å². The highest BCUT2D eigenvalue weighted by Crippen LogP contribution is 2.33. The lowest BCUT2D eigenvalue weighted by atomic mass is 10.2. The van der Waals surface area contributed by atoms with E-state index in [-0.39, 0.29) is 4.99 Å². The predicted molar refractivity (Wildman–Crippen MR) is 136 cm³/mol. The zero-order valence-electron chi connectivity index (χ0n) is 21.3. The quantitative estimate of drug-likeness (QED) is 0.149. The Hall–Kier alpha value is 0.544. The minimum absolute atomic E-state index is 0.0514. The van der Waals surface area contributed by atoms with Gasteiger partial charge in [0.2, 0.25) is 0 Å². The Labute approximate surface area is 193 Å². The summed E-state index contributed by atoms with van der Waals surface area (Å²) in [6.07, 6.45) is 3.23. The van der Waals surface area contributed by atoms with Crippen molar-refractivity contribution in [2.45, 2.75) is 84.1 Å². The maximum atomic E-state index is 6.02. The van der Waals surface area contributed by atoms with Crippen molar-refractivity contribution in [1.82, 2.24) is 10.2 Å². The Morgan fingerprint density at radius 1 is 0.833 bits per heavy atom. The lowest BCUT2D eigenvalue weighted by Gasteiger charge is -2.44. The minimum atomic E-state index is -2.06. The number of hydrogen-bond acceptors (Lipinski definition) is 7. The van der Waals surface area contributed by atoms with Gasteiger partial charge in [-0.2, -0.15) is 0 Å². The average molecular weight is 483 g/mol. The van der Waals surface area contributed by atoms with Gasteiger partial charge >= 0.3 is 17.1 Å². The topological polar surface area (TPSA) is 52.2 Å². The van der Waals surface area contributed by atoms with Crippen molar-refractivity contribution in [1.29, 1.82) is 0 Å². The van der Waals surface area contributed by atoms with Crippen molar-refractivity contribution in [2.24, 2.45) is 0 Å². The van der Waals surface area contributed by atoms with E-state index in [9.17, 15) is 0 Å². The van der Waals surface area contributed by atoms with Crippen LogP contribution in [0.15, 0.2) is 0 Å². The fraction of sp³-hybridized carbons (Fsp3) is 1.00. The molecule has 1 atom stereocenters. The van der Waals surface area contributed by atoms with Crippen LogP contribution in [-0.4, -0.2) is 79.8 Å². The largest absolute Gasteiger partial charge is 0.398 e. The normalized spacial score (nSPS) is 15.0. The van der Waals surface area contributed by atoms with Gasteiger partial charge in [-0.3, -0.25) is 10.2 Å². The maximum absolute atomic E-state index is 6.02. The van der Waals surface area contributed by atoms with E-state index >= 15 is 0 Å². The van der Waals surface area contributed by atoms with Crippen LogP contribution >= 0.6 is 11.8 Å². The SMILES string of the molecule is CCO[Si](C)(CCCNC(CCC[Si](C)(OC)OC)(SCC)N(CC)CC)OCC. The first kappa shape index (κ1) is 30.5. The van der Waals surface area contributed by atoms with Gasteiger partial charge in [-0.15, -0.1) is 11.8 Å². The summed E-state index contributed by atoms with van der Waals surface area (Å²) in [6.45, 7) is 19.7. The summed E-state index contributed by atoms with van der Waals surface area (Å²) in [4.78, 5) is 2.52. The number of nitrogens with one attached hydrogen (secondary N) is 1. The van der Waals surface area contributed by atoms with Gasteiger partial charge in [0.1, 0.15) is 4.99 Å². The first-order valence-corrected chi connectivity index (χ1v) is 17.8. The summed E-state index contributed by atoms with van der Waals surface area (Å²) in [5.74, 6) is 1.08. The summed E-state index contributed by atoms with van der Waals surface area (Å²) < 4.78 is 23.5. The molecule has 0 aliphatic heterocycles. The van der Waals surface area contributed by atoms with Gasteiger partial charge in [0.25, 0.3) is 0 Å². The minimum Gasteiger partial charge on any atom is -0.398 e. The van der Waals surface area contributed by atoms with Crippen LogP contribution in [0.2, 0.25) is 25.2 Å². The van der Waals surface area contributed by atoms with E-state index in [4.69, 9.17) is 17.7 Å². The molecule has 0 fully saturated rings. The summed E-state index contributed by atoms with van der Waals surface area (Å²) in [5, 5.41) is 3.95. The summed E-state index contributed by atoms with van der Waals surface area (Å²) in [7, 11) is -0.532. The van der Waals surface area contributed by atoms with Crippen LogP contribution in [0, 0.1) is 0 Å². The molecule has 0 amide bonds. The molecular formula is C21H50N2O4SSi2. The zero-order valence-corrected chi connectivity index (χ0v) is 24.1. The Morgan fingerprint density at radius 3 is 1.80 bits per heavy atom. The van der Waals surface area contributed by atoms with Gasteiger partial charge in [0.15, 0.2) is 0 Å². The van der Waals surface area contributed by atoms with Crippen molar-refractivity contribution in [3.8, 4) is 0 Å². The molecule has 0 bridgehead atoms. The highest BCUT2D eigenvalue weighted by Gasteiger charge is 2.37. The third-order valence-electron chi connectivity index (χ3n) is 5.78. The summed E-state index contributed by atoms with van der Waals surface area (Å²) >= 11 is 2.02. The molecule has 0 saturated heterocycles. The molecule has 0 aromatic rings. The first-order chi connectivity index (χ1) is 14.2. The zero-order chi connectivity index (χ0) is 23.1. The Kier molecular flexibility index (Phi) is 16.5. The third-order valence-corrected chi connectivity index (χ3v) is 13.2. The molecule has 1 unspecified atom stereocenters. The molecule has 0 radical (unpaired) electrons. The molecule has 0 spiro atoms. The second kappa shape index (κ2) is 16.2. The monoisotopic (exact) mass is 482 g/mol. The molecular weight excluding hydrogens is 432 g/mol. The van der Waals surface area contributed by atoms with E-state index in [0.29, 0.717) is 0 Å². The van der Waals surface area contributed by atoms with Gasteiger partial charge in [-0.05, 0) is 83.7 Å². The molecule has 0 aromatic carbocycles. The van der Waals surface area contributed by atoms with E-state index < -0.39 is 17.1 Å². The van der Waals surface area contributed by atoms with E-state index in [1.54, 1.807) is 14.2 Å². The summed E-state index contributed by atoms with van der Waals surface area (Å²) in [6, 6.07) is 2.03. The van der Waals surface area contributed by atoms with Gasteiger partial charge in [-0.25, -0.2) is 0 Å². The second-order valence-electron chi connectivity index (χ2n) is 7.82. The molecule has 0 rings (SSSR count). The van der Waals surface area contributed by atoms with Crippen molar-refractivity contribution in [2.75, 3.05) is 52.8 Å². The highest BCUT2D eigenvalue weighted by atomic mass is 32.2. The fourth-order valence-corrected chi connectivity index (χ4v) is 9.19. The van der Waals surface area contributed by atoms with Crippen LogP contribution in [0.1, 0.15) is 53.9 Å². The van der Waals surface area contributed by atoms with E-state index in [1.165, 1.54) is 0 Å².